The minimum atomic E-state index is 0.423. The summed E-state index contributed by atoms with van der Waals surface area (Å²) < 4.78 is 6.19. The summed E-state index contributed by atoms with van der Waals surface area (Å²) in [7, 11) is 1.72. The lowest BCUT2D eigenvalue weighted by Gasteiger charge is -2.17. The molecule has 0 amide bonds. The second-order valence-electron chi connectivity index (χ2n) is 4.63. The molecular formula is C15H19BrN2OS. The molecule has 0 aliphatic rings. The van der Waals surface area contributed by atoms with Gasteiger partial charge < -0.3 is 10.1 Å². The van der Waals surface area contributed by atoms with Crippen LogP contribution in [0.3, 0.4) is 0 Å². The van der Waals surface area contributed by atoms with E-state index < -0.39 is 0 Å². The molecule has 0 bridgehead atoms. The molecule has 1 aromatic carbocycles. The Morgan fingerprint density at radius 1 is 1.45 bits per heavy atom. The quantitative estimate of drug-likeness (QED) is 0.737. The van der Waals surface area contributed by atoms with Crippen molar-refractivity contribution in [2.45, 2.75) is 12.3 Å². The van der Waals surface area contributed by atoms with E-state index in [2.05, 4.69) is 55.9 Å². The predicted octanol–water partition coefficient (Wildman–Crippen LogP) is 3.47. The topological polar surface area (TPSA) is 34.1 Å². The molecular weight excluding hydrogens is 336 g/mol. The minimum absolute atomic E-state index is 0.423. The van der Waals surface area contributed by atoms with E-state index >= 15 is 0 Å². The maximum atomic E-state index is 5.07. The summed E-state index contributed by atoms with van der Waals surface area (Å²) in [6, 6.07) is 8.51. The van der Waals surface area contributed by atoms with Crippen molar-refractivity contribution in [2.75, 3.05) is 26.8 Å². The van der Waals surface area contributed by atoms with Crippen LogP contribution in [0.1, 0.15) is 17.2 Å². The summed E-state index contributed by atoms with van der Waals surface area (Å²) in [5.41, 5.74) is 4.39. The Bertz CT molecular complexity index is 504. The molecule has 1 heterocycles. The van der Waals surface area contributed by atoms with Crippen LogP contribution >= 0.6 is 27.3 Å². The molecule has 0 fully saturated rings. The molecule has 0 aliphatic heterocycles. The molecule has 0 saturated carbocycles. The average Bonchev–Trinajstić information content (AvgIpc) is 2.95. The number of nitrogens with zero attached hydrogens (tertiary/aromatic N) is 1. The highest BCUT2D eigenvalue weighted by Gasteiger charge is 2.13. The monoisotopic (exact) mass is 354 g/mol. The van der Waals surface area contributed by atoms with Crippen molar-refractivity contribution in [2.24, 2.45) is 0 Å². The molecule has 1 aromatic heterocycles. The van der Waals surface area contributed by atoms with Gasteiger partial charge in [-0.3, -0.25) is 0 Å². The first-order valence-electron chi connectivity index (χ1n) is 6.61. The molecule has 2 aromatic rings. The summed E-state index contributed by atoms with van der Waals surface area (Å²) in [6.45, 7) is 2.54. The molecule has 0 radical (unpaired) electrons. The lowest BCUT2D eigenvalue weighted by atomic mass is 9.94. The second kappa shape index (κ2) is 8.52. The van der Waals surface area contributed by atoms with E-state index in [-0.39, 0.29) is 0 Å². The Morgan fingerprint density at radius 3 is 3.05 bits per heavy atom. The third-order valence-corrected chi connectivity index (χ3v) is 4.26. The van der Waals surface area contributed by atoms with Crippen molar-refractivity contribution in [1.82, 2.24) is 10.3 Å². The van der Waals surface area contributed by atoms with Crippen LogP contribution in [0.25, 0.3) is 0 Å². The number of hydrogen-bond acceptors (Lipinski definition) is 4. The third-order valence-electron chi connectivity index (χ3n) is 3.13. The standard InChI is InChI=1S/C15H19BrN2OS/c1-19-6-5-17-9-13(8-15-10-20-11-18-15)12-3-2-4-14(16)7-12/h2-4,7,10-11,13,17H,5-6,8-9H2,1H3. The van der Waals surface area contributed by atoms with E-state index in [0.717, 1.165) is 36.3 Å². The van der Waals surface area contributed by atoms with Gasteiger partial charge in [0.25, 0.3) is 0 Å². The van der Waals surface area contributed by atoms with Gasteiger partial charge in [-0.2, -0.15) is 0 Å². The van der Waals surface area contributed by atoms with Gasteiger partial charge in [0.05, 0.1) is 17.8 Å². The Kier molecular flexibility index (Phi) is 6.66. The highest BCUT2D eigenvalue weighted by molar-refractivity contribution is 9.10. The summed E-state index contributed by atoms with van der Waals surface area (Å²) in [5, 5.41) is 5.58. The zero-order chi connectivity index (χ0) is 14.2. The van der Waals surface area contributed by atoms with Crippen LogP contribution in [-0.2, 0) is 11.2 Å². The van der Waals surface area contributed by atoms with Crippen LogP contribution in [-0.4, -0.2) is 31.8 Å². The number of methoxy groups -OCH3 is 1. The van der Waals surface area contributed by atoms with E-state index in [9.17, 15) is 0 Å². The molecule has 2 rings (SSSR count). The van der Waals surface area contributed by atoms with Crippen LogP contribution in [0.4, 0.5) is 0 Å². The number of aromatic nitrogens is 1. The van der Waals surface area contributed by atoms with E-state index in [0.29, 0.717) is 5.92 Å². The molecule has 0 aliphatic carbocycles. The van der Waals surface area contributed by atoms with Gasteiger partial charge in [-0.1, -0.05) is 28.1 Å². The highest BCUT2D eigenvalue weighted by atomic mass is 79.9. The van der Waals surface area contributed by atoms with E-state index in [4.69, 9.17) is 4.74 Å². The zero-order valence-electron chi connectivity index (χ0n) is 11.5. The number of rotatable bonds is 8. The van der Waals surface area contributed by atoms with Crippen LogP contribution in [0, 0.1) is 0 Å². The number of nitrogens with one attached hydrogen (secondary N) is 1. The van der Waals surface area contributed by atoms with E-state index in [1.54, 1.807) is 18.4 Å². The summed E-state index contributed by atoms with van der Waals surface area (Å²) in [5.74, 6) is 0.423. The molecule has 0 spiro atoms. The first-order valence-corrected chi connectivity index (χ1v) is 8.35. The minimum Gasteiger partial charge on any atom is -0.383 e. The van der Waals surface area contributed by atoms with Gasteiger partial charge in [-0.05, 0) is 24.1 Å². The summed E-state index contributed by atoms with van der Waals surface area (Å²) in [4.78, 5) is 4.40. The highest BCUT2D eigenvalue weighted by Crippen LogP contribution is 2.23. The van der Waals surface area contributed by atoms with Gasteiger partial charge in [-0.25, -0.2) is 4.98 Å². The van der Waals surface area contributed by atoms with Crippen LogP contribution in [0.15, 0.2) is 39.6 Å². The number of ether oxygens (including phenoxy) is 1. The van der Waals surface area contributed by atoms with Crippen LogP contribution in [0.2, 0.25) is 0 Å². The summed E-state index contributed by atoms with van der Waals surface area (Å²) >= 11 is 5.20. The fourth-order valence-corrected chi connectivity index (χ4v) is 3.10. The second-order valence-corrected chi connectivity index (χ2v) is 6.27. The SMILES string of the molecule is COCCNCC(Cc1cscn1)c1cccc(Br)c1. The predicted molar refractivity (Wildman–Crippen MR) is 87.4 cm³/mol. The fourth-order valence-electron chi connectivity index (χ4n) is 2.11. The molecule has 3 nitrogen and oxygen atoms in total. The first-order chi connectivity index (χ1) is 9.79. The average molecular weight is 355 g/mol. The number of benzene rings is 1. The maximum absolute atomic E-state index is 5.07. The largest absolute Gasteiger partial charge is 0.383 e. The zero-order valence-corrected chi connectivity index (χ0v) is 13.9. The van der Waals surface area contributed by atoms with Gasteiger partial charge >= 0.3 is 0 Å². The lowest BCUT2D eigenvalue weighted by Crippen LogP contribution is -2.26. The Balaban J connectivity index is 2.03. The smallest absolute Gasteiger partial charge is 0.0794 e. The Morgan fingerprint density at radius 2 is 2.35 bits per heavy atom. The lowest BCUT2D eigenvalue weighted by molar-refractivity contribution is 0.199. The van der Waals surface area contributed by atoms with Crippen molar-refractivity contribution in [3.63, 3.8) is 0 Å². The van der Waals surface area contributed by atoms with Gasteiger partial charge in [0.15, 0.2) is 0 Å². The van der Waals surface area contributed by atoms with E-state index in [1.165, 1.54) is 5.56 Å². The number of thiazole rings is 1. The Labute approximate surface area is 132 Å². The van der Waals surface area contributed by atoms with Gasteiger partial charge in [0.2, 0.25) is 0 Å². The maximum Gasteiger partial charge on any atom is 0.0794 e. The molecule has 1 unspecified atom stereocenters. The van der Waals surface area contributed by atoms with Gasteiger partial charge in [0.1, 0.15) is 0 Å². The molecule has 108 valence electrons. The van der Waals surface area contributed by atoms with Crippen LogP contribution in [0.5, 0.6) is 0 Å². The van der Waals surface area contributed by atoms with Crippen molar-refractivity contribution in [3.8, 4) is 0 Å². The first kappa shape index (κ1) is 15.6. The molecule has 0 saturated heterocycles. The number of hydrogen-bond donors (Lipinski definition) is 1. The third kappa shape index (κ3) is 4.98. The van der Waals surface area contributed by atoms with Crippen molar-refractivity contribution in [1.29, 1.82) is 0 Å². The normalized spacial score (nSPS) is 12.5. The van der Waals surface area contributed by atoms with Crippen molar-refractivity contribution >= 4 is 27.3 Å². The van der Waals surface area contributed by atoms with Crippen molar-refractivity contribution in [3.05, 3.63) is 50.9 Å². The molecule has 1 N–H and O–H groups in total. The van der Waals surface area contributed by atoms with Crippen molar-refractivity contribution < 1.29 is 4.74 Å². The number of halogens is 1. The van der Waals surface area contributed by atoms with E-state index in [1.807, 2.05) is 5.51 Å². The summed E-state index contributed by atoms with van der Waals surface area (Å²) in [6.07, 6.45) is 0.958. The molecule has 5 heteroatoms. The molecule has 20 heavy (non-hydrogen) atoms. The fraction of sp³-hybridized carbons (Fsp3) is 0.400. The van der Waals surface area contributed by atoms with Gasteiger partial charge in [0, 0.05) is 36.0 Å². The van der Waals surface area contributed by atoms with Crippen LogP contribution < -0.4 is 5.32 Å². The Hall–Kier alpha value is -0.750. The van der Waals surface area contributed by atoms with Gasteiger partial charge in [-0.15, -0.1) is 11.3 Å². The molecule has 1 atom stereocenters.